The lowest BCUT2D eigenvalue weighted by Gasteiger charge is -2.19. The van der Waals surface area contributed by atoms with Gasteiger partial charge in [-0.2, -0.15) is 0 Å². The number of unbranched alkanes of at least 4 members (excludes halogenated alkanes) is 16. The third-order valence-corrected chi connectivity index (χ3v) is 8.33. The highest BCUT2D eigenvalue weighted by Gasteiger charge is 2.33. The van der Waals surface area contributed by atoms with E-state index in [9.17, 15) is 9.59 Å². The first-order valence-electron chi connectivity index (χ1n) is 18.9. The lowest BCUT2D eigenvalue weighted by molar-refractivity contribution is -0.164. The molecule has 2 atom stereocenters. The largest absolute Gasteiger partial charge is 0.457 e. The van der Waals surface area contributed by atoms with Gasteiger partial charge in [-0.1, -0.05) is 127 Å². The van der Waals surface area contributed by atoms with Crippen LogP contribution < -0.4 is 5.32 Å². The van der Waals surface area contributed by atoms with Gasteiger partial charge in [0.2, 0.25) is 0 Å². The summed E-state index contributed by atoms with van der Waals surface area (Å²) in [5.41, 5.74) is 0. The first kappa shape index (κ1) is 40.9. The molecule has 0 aromatic carbocycles. The van der Waals surface area contributed by atoms with Crippen molar-refractivity contribution < 1.29 is 19.1 Å². The monoisotopic (exact) mass is 628 g/mol. The minimum atomic E-state index is -0.371. The average molecular weight is 628 g/mol. The maximum Gasteiger partial charge on any atom is 0.306 e. The van der Waals surface area contributed by atoms with Gasteiger partial charge in [0.1, 0.15) is 0 Å². The Bertz CT molecular complexity index is 749. The van der Waals surface area contributed by atoms with Crippen molar-refractivity contribution in [3.63, 3.8) is 0 Å². The molecule has 0 bridgehead atoms. The minimum Gasteiger partial charge on any atom is -0.457 e. The van der Waals surface area contributed by atoms with Crippen LogP contribution in [0.25, 0.3) is 0 Å². The van der Waals surface area contributed by atoms with Gasteiger partial charge in [-0.3, -0.25) is 9.59 Å². The summed E-state index contributed by atoms with van der Waals surface area (Å²) in [6.07, 6.45) is 44.0. The van der Waals surface area contributed by atoms with Crippen LogP contribution in [0.4, 0.5) is 0 Å². The highest BCUT2D eigenvalue weighted by molar-refractivity contribution is 5.70. The predicted molar refractivity (Wildman–Crippen MR) is 191 cm³/mol. The molecule has 5 nitrogen and oxygen atoms in total. The summed E-state index contributed by atoms with van der Waals surface area (Å²) in [4.78, 5) is 24.8. The number of allylic oxidation sites excluding steroid dienone is 8. The van der Waals surface area contributed by atoms with E-state index in [1.54, 1.807) is 0 Å². The molecular weight excluding hydrogens is 558 g/mol. The topological polar surface area (TPSA) is 64.6 Å². The Morgan fingerprint density at radius 3 is 1.20 bits per heavy atom. The zero-order chi connectivity index (χ0) is 32.5. The molecule has 1 rings (SSSR count). The molecular formula is C40H69NO4. The van der Waals surface area contributed by atoms with Gasteiger partial charge in [-0.25, -0.2) is 0 Å². The molecule has 0 spiro atoms. The highest BCUT2D eigenvalue weighted by atomic mass is 16.6. The summed E-state index contributed by atoms with van der Waals surface area (Å²) >= 11 is 0. The van der Waals surface area contributed by atoms with E-state index in [4.69, 9.17) is 9.47 Å². The summed E-state index contributed by atoms with van der Waals surface area (Å²) in [6, 6.07) is 0. The smallest absolute Gasteiger partial charge is 0.306 e. The zero-order valence-corrected chi connectivity index (χ0v) is 29.3. The van der Waals surface area contributed by atoms with Crippen LogP contribution in [-0.2, 0) is 19.1 Å². The Kier molecular flexibility index (Phi) is 28.9. The number of carbonyl (C=O) groups excluding carboxylic acids is 2. The zero-order valence-electron chi connectivity index (χ0n) is 29.3. The number of nitrogens with one attached hydrogen (secondary N) is 1. The van der Waals surface area contributed by atoms with Crippen LogP contribution >= 0.6 is 0 Å². The summed E-state index contributed by atoms with van der Waals surface area (Å²) in [5.74, 6) is -0.353. The fourth-order valence-corrected chi connectivity index (χ4v) is 5.48. The maximum absolute atomic E-state index is 12.4. The SMILES string of the molecule is CCCCC/C=C\C/C=C\CCCCCCCC(=O)OC1CNCC1OC(=O)CCCCCCC/C=C\C/C=C\CCCCC. The first-order valence-corrected chi connectivity index (χ1v) is 18.9. The second-order valence-corrected chi connectivity index (χ2v) is 12.7. The summed E-state index contributed by atoms with van der Waals surface area (Å²) in [5, 5.41) is 3.20. The van der Waals surface area contributed by atoms with Gasteiger partial charge in [0.05, 0.1) is 0 Å². The van der Waals surface area contributed by atoms with Crippen molar-refractivity contribution in [2.45, 2.75) is 180 Å². The fourth-order valence-electron chi connectivity index (χ4n) is 5.48. The van der Waals surface area contributed by atoms with Gasteiger partial charge in [0.25, 0.3) is 0 Å². The van der Waals surface area contributed by atoms with E-state index in [0.29, 0.717) is 25.9 Å². The van der Waals surface area contributed by atoms with Gasteiger partial charge in [-0.05, 0) is 77.0 Å². The summed E-state index contributed by atoms with van der Waals surface area (Å²) < 4.78 is 11.3. The Morgan fingerprint density at radius 1 is 0.489 bits per heavy atom. The first-order chi connectivity index (χ1) is 22.2. The van der Waals surface area contributed by atoms with Gasteiger partial charge in [0, 0.05) is 25.9 Å². The van der Waals surface area contributed by atoms with E-state index in [0.717, 1.165) is 64.2 Å². The van der Waals surface area contributed by atoms with Gasteiger partial charge < -0.3 is 14.8 Å². The van der Waals surface area contributed by atoms with E-state index in [-0.39, 0.29) is 24.1 Å². The van der Waals surface area contributed by atoms with E-state index in [2.05, 4.69) is 67.8 Å². The number of hydrogen-bond donors (Lipinski definition) is 1. The van der Waals surface area contributed by atoms with Crippen molar-refractivity contribution in [3.8, 4) is 0 Å². The predicted octanol–water partition coefficient (Wildman–Crippen LogP) is 11.0. The van der Waals surface area contributed by atoms with Crippen LogP contribution in [0.2, 0.25) is 0 Å². The molecule has 5 heteroatoms. The molecule has 258 valence electrons. The second kappa shape index (κ2) is 31.8. The van der Waals surface area contributed by atoms with Crippen LogP contribution in [0.1, 0.15) is 168 Å². The van der Waals surface area contributed by atoms with Gasteiger partial charge >= 0.3 is 11.9 Å². The van der Waals surface area contributed by atoms with E-state index in [1.807, 2.05) is 0 Å². The second-order valence-electron chi connectivity index (χ2n) is 12.7. The molecule has 0 aromatic rings. The van der Waals surface area contributed by atoms with Crippen LogP contribution in [0.3, 0.4) is 0 Å². The summed E-state index contributed by atoms with van der Waals surface area (Å²) in [7, 11) is 0. The van der Waals surface area contributed by atoms with E-state index >= 15 is 0 Å². The van der Waals surface area contributed by atoms with E-state index < -0.39 is 0 Å². The van der Waals surface area contributed by atoms with Crippen molar-refractivity contribution in [2.24, 2.45) is 0 Å². The minimum absolute atomic E-state index is 0.177. The molecule has 45 heavy (non-hydrogen) atoms. The fraction of sp³-hybridized carbons (Fsp3) is 0.750. The van der Waals surface area contributed by atoms with Crippen LogP contribution in [0, 0.1) is 0 Å². The average Bonchev–Trinajstić information content (AvgIpc) is 3.46. The lowest BCUT2D eigenvalue weighted by Crippen LogP contribution is -2.33. The molecule has 1 saturated heterocycles. The molecule has 0 amide bonds. The number of carbonyl (C=O) groups is 2. The number of hydrogen-bond acceptors (Lipinski definition) is 5. The lowest BCUT2D eigenvalue weighted by atomic mass is 10.1. The molecule has 1 N–H and O–H groups in total. The Balaban J connectivity index is 1.98. The van der Waals surface area contributed by atoms with Crippen molar-refractivity contribution in [2.75, 3.05) is 13.1 Å². The van der Waals surface area contributed by atoms with Gasteiger partial charge in [-0.15, -0.1) is 0 Å². The number of ether oxygens (including phenoxy) is 2. The molecule has 1 heterocycles. The van der Waals surface area contributed by atoms with Crippen molar-refractivity contribution in [1.29, 1.82) is 0 Å². The molecule has 0 radical (unpaired) electrons. The Morgan fingerprint density at radius 2 is 0.822 bits per heavy atom. The molecule has 1 aliphatic rings. The third-order valence-electron chi connectivity index (χ3n) is 8.33. The van der Waals surface area contributed by atoms with Crippen LogP contribution in [0.5, 0.6) is 0 Å². The maximum atomic E-state index is 12.4. The summed E-state index contributed by atoms with van der Waals surface area (Å²) in [6.45, 7) is 5.59. The van der Waals surface area contributed by atoms with Crippen LogP contribution in [0.15, 0.2) is 48.6 Å². The number of rotatable bonds is 30. The van der Waals surface area contributed by atoms with Crippen molar-refractivity contribution >= 4 is 11.9 Å². The van der Waals surface area contributed by atoms with E-state index in [1.165, 1.54) is 77.0 Å². The Hall–Kier alpha value is -2.14. The molecule has 0 saturated carbocycles. The van der Waals surface area contributed by atoms with Gasteiger partial charge in [0.15, 0.2) is 12.2 Å². The Labute approximate surface area is 277 Å². The number of esters is 2. The third kappa shape index (κ3) is 26.8. The normalized spacial score (nSPS) is 17.0. The molecule has 0 aliphatic carbocycles. The highest BCUT2D eigenvalue weighted by Crippen LogP contribution is 2.15. The van der Waals surface area contributed by atoms with Crippen LogP contribution in [-0.4, -0.2) is 37.2 Å². The quantitative estimate of drug-likeness (QED) is 0.0487. The molecule has 0 aromatic heterocycles. The van der Waals surface area contributed by atoms with Crippen molar-refractivity contribution in [1.82, 2.24) is 5.32 Å². The molecule has 1 fully saturated rings. The molecule has 1 aliphatic heterocycles. The standard InChI is InChI=1S/C40H69NO4/c1-3-5-7-9-11-13-15-17-19-21-23-25-27-29-31-33-39(42)44-37-35-41-36-38(37)45-40(43)34-32-30-28-26-24-22-20-18-16-14-12-10-8-6-4-2/h11-14,17-20,37-38,41H,3-10,15-16,21-36H2,1-2H3/b13-11-,14-12-,19-17-,20-18-. The van der Waals surface area contributed by atoms with Crippen molar-refractivity contribution in [3.05, 3.63) is 48.6 Å². The molecule has 2 unspecified atom stereocenters.